The zero-order chi connectivity index (χ0) is 10.8. The Hall–Kier alpha value is -0.840. The molecule has 14 heavy (non-hydrogen) atoms. The van der Waals surface area contributed by atoms with Crippen molar-refractivity contribution in [2.24, 2.45) is 0 Å². The first-order chi connectivity index (χ1) is 6.37. The van der Waals surface area contributed by atoms with E-state index < -0.39 is 5.60 Å². The van der Waals surface area contributed by atoms with Gasteiger partial charge >= 0.3 is 5.97 Å². The molecule has 0 saturated carbocycles. The summed E-state index contributed by atoms with van der Waals surface area (Å²) in [7, 11) is 0. The Morgan fingerprint density at radius 2 is 2.29 bits per heavy atom. The van der Waals surface area contributed by atoms with Gasteiger partial charge in [0.05, 0.1) is 0 Å². The first-order valence-electron chi connectivity index (χ1n) is 4.27. The van der Waals surface area contributed by atoms with Gasteiger partial charge in [0.1, 0.15) is 16.7 Å². The second-order valence-electron chi connectivity index (χ2n) is 3.92. The molecule has 1 aromatic heterocycles. The van der Waals surface area contributed by atoms with E-state index in [4.69, 9.17) is 4.74 Å². The summed E-state index contributed by atoms with van der Waals surface area (Å²) in [4.78, 5) is 11.3. The first-order valence-corrected chi connectivity index (χ1v) is 5.07. The molecular formula is C9H13BrN2O2. The van der Waals surface area contributed by atoms with Crippen LogP contribution in [0.1, 0.15) is 20.8 Å². The number of esters is 1. The summed E-state index contributed by atoms with van der Waals surface area (Å²) in [5.74, 6) is -0.284. The lowest BCUT2D eigenvalue weighted by Gasteiger charge is -2.19. The van der Waals surface area contributed by atoms with Gasteiger partial charge in [-0.15, -0.1) is 0 Å². The standard InChI is InChI=1S/C9H13BrN2O2/c1-9(2,3)14-8(13)6-12-5-4-7(10)11-12/h4-5H,6H2,1-3H3. The molecule has 0 N–H and O–H groups in total. The third-order valence-electron chi connectivity index (χ3n) is 1.32. The molecule has 0 atom stereocenters. The summed E-state index contributed by atoms with van der Waals surface area (Å²) in [6.07, 6.45) is 1.72. The van der Waals surface area contributed by atoms with E-state index >= 15 is 0 Å². The summed E-state index contributed by atoms with van der Waals surface area (Å²) in [5.41, 5.74) is -0.443. The van der Waals surface area contributed by atoms with E-state index in [-0.39, 0.29) is 12.5 Å². The number of aromatic nitrogens is 2. The molecule has 5 heteroatoms. The van der Waals surface area contributed by atoms with Crippen LogP contribution in [0.5, 0.6) is 0 Å². The molecule has 0 aliphatic rings. The average Bonchev–Trinajstić information content (AvgIpc) is 2.30. The van der Waals surface area contributed by atoms with Crippen LogP contribution in [0.25, 0.3) is 0 Å². The Kier molecular flexibility index (Phi) is 3.31. The molecule has 4 nitrogen and oxygen atoms in total. The van der Waals surface area contributed by atoms with Crippen molar-refractivity contribution in [1.82, 2.24) is 9.78 Å². The summed E-state index contributed by atoms with van der Waals surface area (Å²) in [6.45, 7) is 5.65. The quantitative estimate of drug-likeness (QED) is 0.764. The summed E-state index contributed by atoms with van der Waals surface area (Å²) in [5, 5.41) is 4.01. The minimum atomic E-state index is -0.443. The van der Waals surface area contributed by atoms with E-state index in [0.717, 1.165) is 0 Å². The van der Waals surface area contributed by atoms with Crippen molar-refractivity contribution in [3.8, 4) is 0 Å². The molecule has 0 radical (unpaired) electrons. The fraction of sp³-hybridized carbons (Fsp3) is 0.556. The van der Waals surface area contributed by atoms with Gasteiger partial charge in [0.15, 0.2) is 0 Å². The molecule has 0 unspecified atom stereocenters. The van der Waals surface area contributed by atoms with E-state index in [0.29, 0.717) is 4.60 Å². The van der Waals surface area contributed by atoms with Gasteiger partial charge in [-0.1, -0.05) is 0 Å². The summed E-state index contributed by atoms with van der Waals surface area (Å²) in [6, 6.07) is 1.77. The maximum Gasteiger partial charge on any atom is 0.328 e. The van der Waals surface area contributed by atoms with Crippen LogP contribution in [0.15, 0.2) is 16.9 Å². The van der Waals surface area contributed by atoms with Crippen molar-refractivity contribution < 1.29 is 9.53 Å². The highest BCUT2D eigenvalue weighted by Gasteiger charge is 2.16. The van der Waals surface area contributed by atoms with E-state index in [1.165, 1.54) is 4.68 Å². The molecule has 1 rings (SSSR count). The molecule has 0 aliphatic carbocycles. The molecule has 0 amide bonds. The molecule has 78 valence electrons. The number of nitrogens with zero attached hydrogens (tertiary/aromatic N) is 2. The Bertz CT molecular complexity index is 328. The number of hydrogen-bond donors (Lipinski definition) is 0. The van der Waals surface area contributed by atoms with E-state index in [2.05, 4.69) is 21.0 Å². The molecule has 0 bridgehead atoms. The van der Waals surface area contributed by atoms with E-state index in [1.54, 1.807) is 12.3 Å². The minimum Gasteiger partial charge on any atom is -0.459 e. The van der Waals surface area contributed by atoms with Gasteiger partial charge in [-0.2, -0.15) is 5.10 Å². The maximum absolute atomic E-state index is 11.3. The zero-order valence-electron chi connectivity index (χ0n) is 8.45. The van der Waals surface area contributed by atoms with Gasteiger partial charge in [-0.3, -0.25) is 9.48 Å². The van der Waals surface area contributed by atoms with Crippen molar-refractivity contribution in [1.29, 1.82) is 0 Å². The van der Waals surface area contributed by atoms with Crippen LogP contribution in [-0.2, 0) is 16.1 Å². The van der Waals surface area contributed by atoms with Crippen molar-refractivity contribution in [2.45, 2.75) is 32.9 Å². The predicted octanol–water partition coefficient (Wildman–Crippen LogP) is 1.99. The zero-order valence-corrected chi connectivity index (χ0v) is 10.0. The molecule has 0 saturated heterocycles. The molecule has 0 spiro atoms. The van der Waals surface area contributed by atoms with E-state index in [1.807, 2.05) is 20.8 Å². The topological polar surface area (TPSA) is 44.1 Å². The number of halogens is 1. The Labute approximate surface area is 91.4 Å². The minimum absolute atomic E-state index is 0.142. The van der Waals surface area contributed by atoms with Crippen LogP contribution >= 0.6 is 15.9 Å². The molecular weight excluding hydrogens is 248 g/mol. The molecule has 0 fully saturated rings. The smallest absolute Gasteiger partial charge is 0.328 e. The Balaban J connectivity index is 2.50. The monoisotopic (exact) mass is 260 g/mol. The second kappa shape index (κ2) is 4.13. The lowest BCUT2D eigenvalue weighted by atomic mass is 10.2. The largest absolute Gasteiger partial charge is 0.459 e. The number of hydrogen-bond acceptors (Lipinski definition) is 3. The first kappa shape index (κ1) is 11.2. The third kappa shape index (κ3) is 3.91. The summed E-state index contributed by atoms with van der Waals surface area (Å²) < 4.78 is 7.37. The molecule has 1 aromatic rings. The lowest BCUT2D eigenvalue weighted by Crippen LogP contribution is -2.26. The molecule has 0 aliphatic heterocycles. The molecule has 0 aromatic carbocycles. The number of carbonyl (C=O) groups excluding carboxylic acids is 1. The van der Waals surface area contributed by atoms with Gasteiger partial charge in [0, 0.05) is 6.20 Å². The normalized spacial score (nSPS) is 11.4. The second-order valence-corrected chi connectivity index (χ2v) is 4.73. The van der Waals surface area contributed by atoms with Crippen molar-refractivity contribution >= 4 is 21.9 Å². The SMILES string of the molecule is CC(C)(C)OC(=O)Cn1ccc(Br)n1. The van der Waals surface area contributed by atoms with Crippen LogP contribution in [0.2, 0.25) is 0 Å². The van der Waals surface area contributed by atoms with Gasteiger partial charge in [-0.05, 0) is 42.8 Å². The average molecular weight is 261 g/mol. The van der Waals surface area contributed by atoms with Crippen molar-refractivity contribution in [2.75, 3.05) is 0 Å². The Morgan fingerprint density at radius 1 is 1.64 bits per heavy atom. The summed E-state index contributed by atoms with van der Waals surface area (Å²) >= 11 is 3.20. The van der Waals surface area contributed by atoms with Crippen LogP contribution in [-0.4, -0.2) is 21.4 Å². The number of carbonyl (C=O) groups is 1. The highest BCUT2D eigenvalue weighted by atomic mass is 79.9. The van der Waals surface area contributed by atoms with Crippen LogP contribution < -0.4 is 0 Å². The predicted molar refractivity (Wildman–Crippen MR) is 55.8 cm³/mol. The number of ether oxygens (including phenoxy) is 1. The van der Waals surface area contributed by atoms with Gasteiger partial charge in [0.2, 0.25) is 0 Å². The van der Waals surface area contributed by atoms with Crippen molar-refractivity contribution in [3.63, 3.8) is 0 Å². The van der Waals surface area contributed by atoms with Gasteiger partial charge < -0.3 is 4.74 Å². The maximum atomic E-state index is 11.3. The van der Waals surface area contributed by atoms with Gasteiger partial charge in [0.25, 0.3) is 0 Å². The fourth-order valence-electron chi connectivity index (χ4n) is 0.931. The van der Waals surface area contributed by atoms with Crippen LogP contribution in [0, 0.1) is 0 Å². The number of rotatable bonds is 2. The third-order valence-corrected chi connectivity index (χ3v) is 1.74. The van der Waals surface area contributed by atoms with Crippen LogP contribution in [0.4, 0.5) is 0 Å². The van der Waals surface area contributed by atoms with E-state index in [9.17, 15) is 4.79 Å². The van der Waals surface area contributed by atoms with Crippen molar-refractivity contribution in [3.05, 3.63) is 16.9 Å². The lowest BCUT2D eigenvalue weighted by molar-refractivity contribution is -0.155. The Morgan fingerprint density at radius 3 is 2.71 bits per heavy atom. The molecule has 1 heterocycles. The van der Waals surface area contributed by atoms with Crippen LogP contribution in [0.3, 0.4) is 0 Å². The fourth-order valence-corrected chi connectivity index (χ4v) is 1.25. The van der Waals surface area contributed by atoms with Gasteiger partial charge in [-0.25, -0.2) is 0 Å². The highest BCUT2D eigenvalue weighted by molar-refractivity contribution is 9.10. The highest BCUT2D eigenvalue weighted by Crippen LogP contribution is 2.08.